The molecule has 12 heteroatoms. The van der Waals surface area contributed by atoms with E-state index in [-0.39, 0.29) is 39.3 Å². The zero-order chi connectivity index (χ0) is 20.7. The number of aromatic nitrogens is 4. The van der Waals surface area contributed by atoms with Gasteiger partial charge >= 0.3 is 5.69 Å². The van der Waals surface area contributed by atoms with E-state index in [0.717, 1.165) is 6.26 Å². The Hall–Kier alpha value is -2.57. The number of nitrogens with zero attached hydrogens (tertiary/aromatic N) is 3. The molecule has 3 rings (SSSR count). The van der Waals surface area contributed by atoms with Crippen LogP contribution < -0.4 is 11.4 Å². The number of rotatable bonds is 6. The SMILES string of the molecule is CCC[SH](=O)(O)c1nc(N)c2[nH]c(=O)n(Cc3ccc(S(C)(=O)=O)cc3)c2n1. The van der Waals surface area contributed by atoms with E-state index in [0.29, 0.717) is 12.0 Å². The first kappa shape index (κ1) is 20.2. The average Bonchev–Trinajstić information content (AvgIpc) is 2.91. The molecule has 0 aliphatic rings. The van der Waals surface area contributed by atoms with Crippen molar-refractivity contribution >= 4 is 37.0 Å². The number of hydrogen-bond donors (Lipinski definition) is 4. The fourth-order valence-electron chi connectivity index (χ4n) is 2.77. The monoisotopic (exact) mass is 427 g/mol. The zero-order valence-electron chi connectivity index (χ0n) is 15.3. The molecule has 3 aromatic rings. The molecule has 0 aliphatic carbocycles. The summed E-state index contributed by atoms with van der Waals surface area (Å²) in [6, 6.07) is 6.06. The van der Waals surface area contributed by atoms with Crippen LogP contribution in [-0.4, -0.2) is 48.7 Å². The zero-order valence-corrected chi connectivity index (χ0v) is 17.0. The van der Waals surface area contributed by atoms with Crippen LogP contribution in [0.4, 0.5) is 5.82 Å². The predicted octanol–water partition coefficient (Wildman–Crippen LogP) is 0.412. The topological polar surface area (TPSA) is 161 Å². The quantitative estimate of drug-likeness (QED) is 0.325. The number of H-pyrrole nitrogens is 1. The van der Waals surface area contributed by atoms with Crippen LogP contribution >= 0.6 is 0 Å². The molecule has 0 saturated heterocycles. The minimum atomic E-state index is -3.79. The van der Waals surface area contributed by atoms with E-state index in [1.807, 2.05) is 0 Å². The Morgan fingerprint density at radius 2 is 1.89 bits per heavy atom. The largest absolute Gasteiger partial charge is 0.382 e. The summed E-state index contributed by atoms with van der Waals surface area (Å²) in [5.74, 6) is -0.0897. The molecule has 0 fully saturated rings. The number of imidazole rings is 1. The standard InChI is InChI=1S/C16H21N5O5S2/c1-3-8-28(25,26)15-19-13(17)12-14(20-15)21(16(22)18-12)9-10-4-6-11(7-5-10)27(2,23)24/h4-7,28H,3,8-9H2,1-2H3,(H,18,22)(H,25,26)(H2,17,19,20). The molecule has 0 atom stereocenters. The Balaban J connectivity index is 2.08. The molecule has 28 heavy (non-hydrogen) atoms. The van der Waals surface area contributed by atoms with E-state index in [4.69, 9.17) is 5.73 Å². The minimum absolute atomic E-state index is 0.000441. The Morgan fingerprint density at radius 1 is 1.25 bits per heavy atom. The molecule has 4 N–H and O–H groups in total. The van der Waals surface area contributed by atoms with E-state index in [2.05, 4.69) is 15.0 Å². The van der Waals surface area contributed by atoms with E-state index >= 15 is 0 Å². The van der Waals surface area contributed by atoms with E-state index in [1.54, 1.807) is 19.1 Å². The number of aromatic amines is 1. The van der Waals surface area contributed by atoms with Gasteiger partial charge in [0, 0.05) is 12.0 Å². The van der Waals surface area contributed by atoms with Crippen molar-refractivity contribution in [1.82, 2.24) is 19.5 Å². The van der Waals surface area contributed by atoms with Crippen molar-refractivity contribution in [2.75, 3.05) is 17.7 Å². The first-order valence-electron chi connectivity index (χ1n) is 8.40. The van der Waals surface area contributed by atoms with Gasteiger partial charge in [-0.05, 0) is 24.1 Å². The first-order chi connectivity index (χ1) is 13.0. The molecule has 0 amide bonds. The lowest BCUT2D eigenvalue weighted by atomic mass is 10.2. The summed E-state index contributed by atoms with van der Waals surface area (Å²) in [6.07, 6.45) is 1.57. The van der Waals surface area contributed by atoms with Crippen LogP contribution in [0.1, 0.15) is 18.9 Å². The van der Waals surface area contributed by atoms with Crippen LogP contribution in [-0.2, 0) is 26.6 Å². The number of sulfone groups is 1. The van der Waals surface area contributed by atoms with Crippen molar-refractivity contribution in [3.05, 3.63) is 40.3 Å². The van der Waals surface area contributed by atoms with Gasteiger partial charge in [0.15, 0.2) is 21.3 Å². The minimum Gasteiger partial charge on any atom is -0.382 e. The van der Waals surface area contributed by atoms with Crippen molar-refractivity contribution < 1.29 is 17.2 Å². The lowest BCUT2D eigenvalue weighted by molar-refractivity contribution is 0.528. The highest BCUT2D eigenvalue weighted by Crippen LogP contribution is 2.21. The molecule has 1 aromatic carbocycles. The Kier molecular flexibility index (Phi) is 5.12. The first-order valence-corrected chi connectivity index (χ1v) is 12.1. The molecule has 2 heterocycles. The number of anilines is 1. The normalized spacial score (nSPS) is 13.1. The van der Waals surface area contributed by atoms with Gasteiger partial charge in [0.05, 0.1) is 11.4 Å². The van der Waals surface area contributed by atoms with Gasteiger partial charge in [-0.15, -0.1) is 10.2 Å². The average molecular weight is 428 g/mol. The lowest BCUT2D eigenvalue weighted by Crippen LogP contribution is -2.21. The Morgan fingerprint density at radius 3 is 2.46 bits per heavy atom. The molecular formula is C16H21N5O5S2. The second-order valence-electron chi connectivity index (χ2n) is 6.47. The maximum Gasteiger partial charge on any atom is 0.328 e. The van der Waals surface area contributed by atoms with Crippen LogP contribution in [0.5, 0.6) is 0 Å². The molecule has 152 valence electrons. The fourth-order valence-corrected chi connectivity index (χ4v) is 4.72. The highest BCUT2D eigenvalue weighted by Gasteiger charge is 2.19. The second-order valence-corrected chi connectivity index (χ2v) is 10.7. The number of nitrogens with two attached hydrogens (primary N) is 1. The van der Waals surface area contributed by atoms with E-state index in [9.17, 15) is 22.0 Å². The molecule has 10 nitrogen and oxygen atoms in total. The third-order valence-electron chi connectivity index (χ3n) is 4.17. The number of thiol groups is 1. The molecule has 0 aliphatic heterocycles. The third-order valence-corrected chi connectivity index (χ3v) is 7.18. The van der Waals surface area contributed by atoms with Gasteiger partial charge in [-0.25, -0.2) is 17.4 Å². The van der Waals surface area contributed by atoms with Crippen molar-refractivity contribution in [2.45, 2.75) is 29.9 Å². The summed E-state index contributed by atoms with van der Waals surface area (Å²) >= 11 is 0. The predicted molar refractivity (Wildman–Crippen MR) is 107 cm³/mol. The van der Waals surface area contributed by atoms with Gasteiger partial charge in [0.25, 0.3) is 0 Å². The summed E-state index contributed by atoms with van der Waals surface area (Å²) < 4.78 is 47.0. The van der Waals surface area contributed by atoms with Crippen LogP contribution in [0.25, 0.3) is 11.2 Å². The molecular weight excluding hydrogens is 406 g/mol. The summed E-state index contributed by atoms with van der Waals surface area (Å²) in [5.41, 5.74) is 6.29. The summed E-state index contributed by atoms with van der Waals surface area (Å²) in [7, 11) is -7.12. The van der Waals surface area contributed by atoms with Crippen molar-refractivity contribution in [2.24, 2.45) is 0 Å². The Labute approximate surface area is 162 Å². The Bertz CT molecular complexity index is 1240. The van der Waals surface area contributed by atoms with Gasteiger partial charge in [0.2, 0.25) is 5.16 Å². The maximum absolute atomic E-state index is 12.4. The number of fused-ring (bicyclic) bond motifs is 1. The second kappa shape index (κ2) is 7.11. The van der Waals surface area contributed by atoms with Crippen LogP contribution in [0.3, 0.4) is 0 Å². The highest BCUT2D eigenvalue weighted by atomic mass is 32.3. The van der Waals surface area contributed by atoms with Gasteiger partial charge in [-0.2, -0.15) is 9.97 Å². The number of nitrogens with one attached hydrogen (secondary N) is 1. The number of hydrogen-bond acceptors (Lipinski definition) is 7. The molecule has 0 unspecified atom stereocenters. The van der Waals surface area contributed by atoms with Crippen LogP contribution in [0.15, 0.2) is 39.1 Å². The maximum atomic E-state index is 12.4. The van der Waals surface area contributed by atoms with E-state index in [1.165, 1.54) is 16.7 Å². The smallest absolute Gasteiger partial charge is 0.328 e. The molecule has 0 spiro atoms. The molecule has 0 bridgehead atoms. The van der Waals surface area contributed by atoms with E-state index < -0.39 is 25.7 Å². The lowest BCUT2D eigenvalue weighted by Gasteiger charge is -2.20. The summed E-state index contributed by atoms with van der Waals surface area (Å²) in [6.45, 7) is 1.83. The number of nitrogen functional groups attached to an aromatic ring is 1. The van der Waals surface area contributed by atoms with Crippen molar-refractivity contribution in [3.63, 3.8) is 0 Å². The third kappa shape index (κ3) is 3.84. The van der Waals surface area contributed by atoms with Crippen LogP contribution in [0.2, 0.25) is 0 Å². The van der Waals surface area contributed by atoms with Crippen molar-refractivity contribution in [3.8, 4) is 0 Å². The van der Waals surface area contributed by atoms with Gasteiger partial charge in [0.1, 0.15) is 5.52 Å². The van der Waals surface area contributed by atoms with Crippen molar-refractivity contribution in [1.29, 1.82) is 0 Å². The highest BCUT2D eigenvalue weighted by molar-refractivity contribution is 7.97. The fraction of sp³-hybridized carbons (Fsp3) is 0.312. The molecule has 2 aromatic heterocycles. The van der Waals surface area contributed by atoms with Crippen LogP contribution in [0, 0.1) is 0 Å². The summed E-state index contributed by atoms with van der Waals surface area (Å²) in [4.78, 5) is 23.1. The summed E-state index contributed by atoms with van der Waals surface area (Å²) in [5, 5.41) is -0.292. The molecule has 0 radical (unpaired) electrons. The number of benzene rings is 1. The molecule has 0 saturated carbocycles. The van der Waals surface area contributed by atoms with Gasteiger partial charge in [-0.3, -0.25) is 9.12 Å². The van der Waals surface area contributed by atoms with Gasteiger partial charge in [-0.1, -0.05) is 19.1 Å². The van der Waals surface area contributed by atoms with Gasteiger partial charge < -0.3 is 10.7 Å².